The minimum Gasteiger partial charge on any atom is -0.388 e. The van der Waals surface area contributed by atoms with Crippen molar-refractivity contribution in [2.75, 3.05) is 19.6 Å². The van der Waals surface area contributed by atoms with E-state index in [0.717, 1.165) is 13.0 Å². The Morgan fingerprint density at radius 2 is 1.97 bits per heavy atom. The molecule has 0 bridgehead atoms. The summed E-state index contributed by atoms with van der Waals surface area (Å²) in [6, 6.07) is 5.66. The fourth-order valence-electron chi connectivity index (χ4n) is 4.17. The standard InChI is InChI=1S/C21H23FN6O3/c22-14-1-3-15(4-2-14)28-18-16(11-25-28)19(29)27(13-24-18)12-21(31)6-9-26(10-7-21)20(30)17-5-8-23-17/h1-4,11,13,17,23,31H,5-10,12H2/t17-/m1/s1. The fourth-order valence-corrected chi connectivity index (χ4v) is 4.17. The second-order valence-electron chi connectivity index (χ2n) is 8.29. The Morgan fingerprint density at radius 3 is 2.61 bits per heavy atom. The van der Waals surface area contributed by atoms with Crippen LogP contribution < -0.4 is 10.9 Å². The second kappa shape index (κ2) is 7.54. The molecule has 1 amide bonds. The Labute approximate surface area is 177 Å². The van der Waals surface area contributed by atoms with E-state index in [4.69, 9.17) is 0 Å². The molecule has 2 fully saturated rings. The molecular weight excluding hydrogens is 403 g/mol. The van der Waals surface area contributed by atoms with Crippen LogP contribution in [0, 0.1) is 5.82 Å². The van der Waals surface area contributed by atoms with Crippen LogP contribution in [0.25, 0.3) is 16.7 Å². The Kier molecular flexibility index (Phi) is 4.82. The number of hydrogen-bond acceptors (Lipinski definition) is 6. The van der Waals surface area contributed by atoms with Crippen molar-refractivity contribution in [2.24, 2.45) is 0 Å². The van der Waals surface area contributed by atoms with Crippen LogP contribution in [-0.2, 0) is 11.3 Å². The summed E-state index contributed by atoms with van der Waals surface area (Å²) in [6.07, 6.45) is 4.48. The SMILES string of the molecule is O=C([C@H]1CCN1)N1CCC(O)(Cn2cnc3c(cnn3-c3ccc(F)cc3)c2=O)CC1. The normalized spacial score (nSPS) is 20.6. The number of nitrogens with zero attached hydrogens (tertiary/aromatic N) is 5. The lowest BCUT2D eigenvalue weighted by Gasteiger charge is -2.41. The van der Waals surface area contributed by atoms with Gasteiger partial charge in [-0.15, -0.1) is 0 Å². The van der Waals surface area contributed by atoms with Crippen molar-refractivity contribution < 1.29 is 14.3 Å². The molecule has 0 unspecified atom stereocenters. The first-order chi connectivity index (χ1) is 14.9. The van der Waals surface area contributed by atoms with Crippen molar-refractivity contribution in [3.05, 3.63) is 53.0 Å². The number of aromatic nitrogens is 4. The average molecular weight is 426 g/mol. The van der Waals surface area contributed by atoms with Crippen LogP contribution in [0.4, 0.5) is 4.39 Å². The van der Waals surface area contributed by atoms with Crippen LogP contribution in [0.5, 0.6) is 0 Å². The molecule has 5 rings (SSSR count). The number of benzene rings is 1. The van der Waals surface area contributed by atoms with E-state index in [-0.39, 0.29) is 29.9 Å². The molecular formula is C21H23FN6O3. The predicted octanol–water partition coefficient (Wildman–Crippen LogP) is 0.437. The molecule has 31 heavy (non-hydrogen) atoms. The maximum absolute atomic E-state index is 13.2. The summed E-state index contributed by atoms with van der Waals surface area (Å²) in [5.74, 6) is -0.276. The number of hydrogen-bond donors (Lipinski definition) is 2. The van der Waals surface area contributed by atoms with Crippen LogP contribution in [0.15, 0.2) is 41.6 Å². The summed E-state index contributed by atoms with van der Waals surface area (Å²) < 4.78 is 16.1. The number of rotatable bonds is 4. The van der Waals surface area contributed by atoms with Gasteiger partial charge in [0.2, 0.25) is 5.91 Å². The Balaban J connectivity index is 1.34. The van der Waals surface area contributed by atoms with Crippen molar-refractivity contribution >= 4 is 16.9 Å². The number of carbonyl (C=O) groups is 1. The Bertz CT molecular complexity index is 1180. The molecule has 0 spiro atoms. The van der Waals surface area contributed by atoms with Crippen LogP contribution in [0.2, 0.25) is 0 Å². The van der Waals surface area contributed by atoms with E-state index in [2.05, 4.69) is 15.4 Å². The summed E-state index contributed by atoms with van der Waals surface area (Å²) in [7, 11) is 0. The lowest BCUT2D eigenvalue weighted by Crippen LogP contribution is -2.58. The van der Waals surface area contributed by atoms with Gasteiger partial charge < -0.3 is 15.3 Å². The molecule has 10 heteroatoms. The second-order valence-corrected chi connectivity index (χ2v) is 8.29. The Morgan fingerprint density at radius 1 is 1.26 bits per heavy atom. The molecule has 2 saturated heterocycles. The number of likely N-dealkylation sites (tertiary alicyclic amines) is 1. The van der Waals surface area contributed by atoms with Gasteiger partial charge in [0, 0.05) is 13.1 Å². The largest absolute Gasteiger partial charge is 0.388 e. The number of fused-ring (bicyclic) bond motifs is 1. The van der Waals surface area contributed by atoms with Crippen LogP contribution in [0.1, 0.15) is 19.3 Å². The first kappa shape index (κ1) is 19.8. The summed E-state index contributed by atoms with van der Waals surface area (Å²) in [5, 5.41) is 18.7. The summed E-state index contributed by atoms with van der Waals surface area (Å²) >= 11 is 0. The first-order valence-electron chi connectivity index (χ1n) is 10.4. The maximum atomic E-state index is 13.2. The fraction of sp³-hybridized carbons (Fsp3) is 0.429. The van der Waals surface area contributed by atoms with Gasteiger partial charge in [-0.05, 0) is 50.1 Å². The third-order valence-electron chi connectivity index (χ3n) is 6.22. The highest BCUT2D eigenvalue weighted by Gasteiger charge is 2.37. The van der Waals surface area contributed by atoms with Crippen molar-refractivity contribution in [3.63, 3.8) is 0 Å². The first-order valence-corrected chi connectivity index (χ1v) is 10.4. The topological polar surface area (TPSA) is 105 Å². The molecule has 1 atom stereocenters. The lowest BCUT2D eigenvalue weighted by atomic mass is 9.90. The molecule has 9 nitrogen and oxygen atoms in total. The number of aliphatic hydroxyl groups is 1. The predicted molar refractivity (Wildman–Crippen MR) is 110 cm³/mol. The summed E-state index contributed by atoms with van der Waals surface area (Å²) in [4.78, 5) is 31.5. The average Bonchev–Trinajstić information content (AvgIpc) is 3.15. The van der Waals surface area contributed by atoms with Gasteiger partial charge in [0.25, 0.3) is 5.56 Å². The quantitative estimate of drug-likeness (QED) is 0.627. The van der Waals surface area contributed by atoms with Gasteiger partial charge in [0.1, 0.15) is 17.5 Å². The van der Waals surface area contributed by atoms with E-state index in [1.165, 1.54) is 33.9 Å². The van der Waals surface area contributed by atoms with E-state index < -0.39 is 5.60 Å². The molecule has 3 aromatic rings. The zero-order valence-corrected chi connectivity index (χ0v) is 16.9. The zero-order chi connectivity index (χ0) is 21.6. The van der Waals surface area contributed by atoms with Crippen LogP contribution in [0.3, 0.4) is 0 Å². The minimum atomic E-state index is -1.09. The van der Waals surface area contributed by atoms with Gasteiger partial charge in [-0.2, -0.15) is 5.10 Å². The minimum absolute atomic E-state index is 0.0850. The highest BCUT2D eigenvalue weighted by atomic mass is 19.1. The number of carbonyl (C=O) groups excluding carboxylic acids is 1. The van der Waals surface area contributed by atoms with Gasteiger partial charge in [-0.25, -0.2) is 14.1 Å². The molecule has 2 aliphatic rings. The van der Waals surface area contributed by atoms with E-state index in [0.29, 0.717) is 42.7 Å². The van der Waals surface area contributed by atoms with Gasteiger partial charge in [0.05, 0.1) is 30.1 Å². The molecule has 2 N–H and O–H groups in total. The molecule has 4 heterocycles. The molecule has 0 saturated carbocycles. The van der Waals surface area contributed by atoms with E-state index in [1.807, 2.05) is 0 Å². The van der Waals surface area contributed by atoms with Gasteiger partial charge in [-0.1, -0.05) is 0 Å². The third-order valence-corrected chi connectivity index (χ3v) is 6.22. The smallest absolute Gasteiger partial charge is 0.264 e. The van der Waals surface area contributed by atoms with Crippen molar-refractivity contribution in [2.45, 2.75) is 37.5 Å². The van der Waals surface area contributed by atoms with Crippen molar-refractivity contribution in [1.82, 2.24) is 29.5 Å². The van der Waals surface area contributed by atoms with Gasteiger partial charge in [-0.3, -0.25) is 14.2 Å². The zero-order valence-electron chi connectivity index (χ0n) is 16.9. The molecule has 162 valence electrons. The van der Waals surface area contributed by atoms with Crippen LogP contribution in [-0.4, -0.2) is 66.5 Å². The molecule has 2 aliphatic heterocycles. The number of piperidine rings is 1. The van der Waals surface area contributed by atoms with Crippen molar-refractivity contribution in [1.29, 1.82) is 0 Å². The maximum Gasteiger partial charge on any atom is 0.264 e. The highest BCUT2D eigenvalue weighted by Crippen LogP contribution is 2.25. The van der Waals surface area contributed by atoms with Gasteiger partial charge >= 0.3 is 0 Å². The molecule has 1 aromatic carbocycles. The third kappa shape index (κ3) is 3.61. The van der Waals surface area contributed by atoms with Crippen molar-refractivity contribution in [3.8, 4) is 5.69 Å². The monoisotopic (exact) mass is 426 g/mol. The van der Waals surface area contributed by atoms with E-state index in [1.54, 1.807) is 17.0 Å². The number of nitrogens with one attached hydrogen (secondary N) is 1. The number of halogens is 1. The summed E-state index contributed by atoms with van der Waals surface area (Å²) in [5.41, 5.74) is -0.425. The Hall–Kier alpha value is -3.11. The summed E-state index contributed by atoms with van der Waals surface area (Å²) in [6.45, 7) is 1.88. The lowest BCUT2D eigenvalue weighted by molar-refractivity contribution is -0.139. The van der Waals surface area contributed by atoms with E-state index >= 15 is 0 Å². The van der Waals surface area contributed by atoms with E-state index in [9.17, 15) is 19.1 Å². The molecule has 2 aromatic heterocycles. The van der Waals surface area contributed by atoms with Crippen LogP contribution >= 0.6 is 0 Å². The molecule has 0 radical (unpaired) electrons. The van der Waals surface area contributed by atoms with Gasteiger partial charge in [0.15, 0.2) is 5.65 Å². The highest BCUT2D eigenvalue weighted by molar-refractivity contribution is 5.82. The number of amides is 1. The molecule has 0 aliphatic carbocycles.